The number of benzene rings is 1. The summed E-state index contributed by atoms with van der Waals surface area (Å²) in [5, 5.41) is 2.82. The van der Waals surface area contributed by atoms with Gasteiger partial charge in [-0.15, -0.1) is 11.3 Å². The summed E-state index contributed by atoms with van der Waals surface area (Å²) in [5.74, 6) is -0.212. The van der Waals surface area contributed by atoms with Crippen molar-refractivity contribution in [3.63, 3.8) is 0 Å². The zero-order chi connectivity index (χ0) is 20.8. The van der Waals surface area contributed by atoms with Crippen molar-refractivity contribution in [3.05, 3.63) is 50.7 Å². The molecule has 3 heterocycles. The minimum Gasteiger partial charge on any atom is -0.442 e. The molecule has 6 nitrogen and oxygen atoms in total. The van der Waals surface area contributed by atoms with Crippen molar-refractivity contribution < 1.29 is 14.3 Å². The van der Waals surface area contributed by atoms with Crippen molar-refractivity contribution >= 4 is 40.6 Å². The Labute approximate surface area is 179 Å². The Morgan fingerprint density at radius 3 is 2.83 bits per heavy atom. The van der Waals surface area contributed by atoms with Gasteiger partial charge in [0, 0.05) is 17.8 Å². The SMILES string of the molecule is CN1Cc2ccc(N3C[C@H](CNC(=O)c4ccc(Cl)s4)OC3=O)cc2CC1(C)C. The van der Waals surface area contributed by atoms with Gasteiger partial charge in [-0.2, -0.15) is 0 Å². The lowest BCUT2D eigenvalue weighted by Gasteiger charge is -2.41. The number of rotatable bonds is 4. The number of hydrogen-bond donors (Lipinski definition) is 1. The molecule has 154 valence electrons. The molecule has 1 saturated heterocycles. The molecule has 1 aromatic heterocycles. The molecule has 1 N–H and O–H groups in total. The number of hydrogen-bond acceptors (Lipinski definition) is 5. The van der Waals surface area contributed by atoms with Crippen molar-refractivity contribution in [2.75, 3.05) is 25.0 Å². The lowest BCUT2D eigenvalue weighted by atomic mass is 9.86. The molecule has 0 spiro atoms. The summed E-state index contributed by atoms with van der Waals surface area (Å²) in [6.45, 7) is 6.03. The first kappa shape index (κ1) is 20.2. The third-order valence-electron chi connectivity index (χ3n) is 5.73. The van der Waals surface area contributed by atoms with Crippen LogP contribution in [0, 0.1) is 0 Å². The molecule has 0 unspecified atom stereocenters. The van der Waals surface area contributed by atoms with Crippen molar-refractivity contribution in [1.82, 2.24) is 10.2 Å². The van der Waals surface area contributed by atoms with Gasteiger partial charge in [-0.3, -0.25) is 14.6 Å². The molecule has 1 aromatic carbocycles. The van der Waals surface area contributed by atoms with Crippen molar-refractivity contribution in [2.24, 2.45) is 0 Å². The number of carbonyl (C=O) groups is 2. The van der Waals surface area contributed by atoms with Crippen LogP contribution < -0.4 is 10.2 Å². The van der Waals surface area contributed by atoms with Crippen LogP contribution in [0.25, 0.3) is 0 Å². The third-order valence-corrected chi connectivity index (χ3v) is 6.96. The Hall–Kier alpha value is -2.09. The Morgan fingerprint density at radius 1 is 1.31 bits per heavy atom. The molecule has 29 heavy (non-hydrogen) atoms. The van der Waals surface area contributed by atoms with Gasteiger partial charge in [0.1, 0.15) is 6.10 Å². The van der Waals surface area contributed by atoms with Crippen molar-refractivity contribution in [3.8, 4) is 0 Å². The summed E-state index contributed by atoms with van der Waals surface area (Å²) in [7, 11) is 2.14. The first-order valence-corrected chi connectivity index (χ1v) is 10.8. The third kappa shape index (κ3) is 4.13. The van der Waals surface area contributed by atoms with Gasteiger partial charge in [-0.1, -0.05) is 17.7 Å². The molecule has 8 heteroatoms. The van der Waals surface area contributed by atoms with Crippen LogP contribution in [0.15, 0.2) is 30.3 Å². The van der Waals surface area contributed by atoms with Crippen LogP contribution in [0.1, 0.15) is 34.6 Å². The highest BCUT2D eigenvalue weighted by molar-refractivity contribution is 7.17. The summed E-state index contributed by atoms with van der Waals surface area (Å²) >= 11 is 7.09. The summed E-state index contributed by atoms with van der Waals surface area (Å²) in [6.07, 6.45) is 0.161. The standard InChI is InChI=1S/C21H24ClN3O3S/c1-21(2)9-14-8-15(5-4-13(14)11-24(21)3)25-12-16(28-20(25)27)10-23-19(26)17-6-7-18(22)29-17/h4-8,16H,9-12H2,1-3H3,(H,23,26)/t16-/m0/s1. The predicted octanol–water partition coefficient (Wildman–Crippen LogP) is 3.92. The number of thiophene rings is 1. The van der Waals surface area contributed by atoms with E-state index < -0.39 is 0 Å². The van der Waals surface area contributed by atoms with E-state index in [1.807, 2.05) is 6.07 Å². The van der Waals surface area contributed by atoms with E-state index in [1.54, 1.807) is 17.0 Å². The van der Waals surface area contributed by atoms with Crippen molar-refractivity contribution in [1.29, 1.82) is 0 Å². The first-order chi connectivity index (χ1) is 13.7. The summed E-state index contributed by atoms with van der Waals surface area (Å²) in [6, 6.07) is 9.54. The second-order valence-corrected chi connectivity index (χ2v) is 9.94. The minimum absolute atomic E-state index is 0.0780. The molecule has 1 atom stereocenters. The number of likely N-dealkylation sites (N-methyl/N-ethyl adjacent to an activating group) is 1. The van der Waals surface area contributed by atoms with E-state index >= 15 is 0 Å². The second kappa shape index (κ2) is 7.63. The Kier molecular flexibility index (Phi) is 5.31. The highest BCUT2D eigenvalue weighted by Gasteiger charge is 2.34. The molecule has 0 bridgehead atoms. The number of nitrogens with one attached hydrogen (secondary N) is 1. The zero-order valence-electron chi connectivity index (χ0n) is 16.7. The van der Waals surface area contributed by atoms with Gasteiger partial charge >= 0.3 is 6.09 Å². The molecule has 0 saturated carbocycles. The highest BCUT2D eigenvalue weighted by Crippen LogP contribution is 2.33. The fourth-order valence-corrected chi connectivity index (χ4v) is 4.70. The molecular formula is C21H24ClN3O3S. The van der Waals surface area contributed by atoms with Crippen LogP contribution in [-0.2, 0) is 17.7 Å². The van der Waals surface area contributed by atoms with Crippen LogP contribution in [0.4, 0.5) is 10.5 Å². The van der Waals surface area contributed by atoms with Gasteiger partial charge in [0.2, 0.25) is 0 Å². The number of halogens is 1. The smallest absolute Gasteiger partial charge is 0.414 e. The molecule has 2 aromatic rings. The average Bonchev–Trinajstić information content (AvgIpc) is 3.26. The molecule has 1 fully saturated rings. The maximum absolute atomic E-state index is 12.4. The topological polar surface area (TPSA) is 61.9 Å². The van der Waals surface area contributed by atoms with Crippen LogP contribution >= 0.6 is 22.9 Å². The summed E-state index contributed by atoms with van der Waals surface area (Å²) in [5.41, 5.74) is 3.48. The van der Waals surface area contributed by atoms with E-state index in [0.717, 1.165) is 18.7 Å². The van der Waals surface area contributed by atoms with Crippen molar-refractivity contribution in [2.45, 2.75) is 38.5 Å². The maximum Gasteiger partial charge on any atom is 0.414 e. The molecule has 2 aliphatic heterocycles. The maximum atomic E-state index is 12.4. The van der Waals surface area contributed by atoms with Crippen LogP contribution in [-0.4, -0.2) is 48.7 Å². The second-order valence-electron chi connectivity index (χ2n) is 8.23. The number of fused-ring (bicyclic) bond motifs is 1. The number of cyclic esters (lactones) is 1. The Bertz CT molecular complexity index is 958. The van der Waals surface area contributed by atoms with Crippen LogP contribution in [0.2, 0.25) is 4.34 Å². The summed E-state index contributed by atoms with van der Waals surface area (Å²) < 4.78 is 6.03. The quantitative estimate of drug-likeness (QED) is 0.793. The average molecular weight is 434 g/mol. The van der Waals surface area contributed by atoms with E-state index in [-0.39, 0.29) is 30.2 Å². The highest BCUT2D eigenvalue weighted by atomic mass is 35.5. The fraction of sp³-hybridized carbons (Fsp3) is 0.429. The molecule has 4 rings (SSSR count). The van der Waals surface area contributed by atoms with E-state index in [2.05, 4.69) is 43.2 Å². The van der Waals surface area contributed by atoms with E-state index in [9.17, 15) is 9.59 Å². The molecule has 2 aliphatic rings. The Morgan fingerprint density at radius 2 is 2.10 bits per heavy atom. The number of amides is 2. The first-order valence-electron chi connectivity index (χ1n) is 9.58. The van der Waals surface area contributed by atoms with E-state index in [0.29, 0.717) is 15.8 Å². The van der Waals surface area contributed by atoms with Gasteiger partial charge in [0.05, 0.1) is 22.3 Å². The van der Waals surface area contributed by atoms with Crippen LogP contribution in [0.3, 0.4) is 0 Å². The van der Waals surface area contributed by atoms with Gasteiger partial charge < -0.3 is 10.1 Å². The number of nitrogens with zero attached hydrogens (tertiary/aromatic N) is 2. The molecule has 0 radical (unpaired) electrons. The predicted molar refractivity (Wildman–Crippen MR) is 115 cm³/mol. The minimum atomic E-state index is -0.388. The largest absolute Gasteiger partial charge is 0.442 e. The van der Waals surface area contributed by atoms with E-state index in [4.69, 9.17) is 16.3 Å². The van der Waals surface area contributed by atoms with Gasteiger partial charge in [-0.25, -0.2) is 4.79 Å². The Balaban J connectivity index is 1.41. The lowest BCUT2D eigenvalue weighted by molar-refractivity contribution is 0.0920. The molecule has 2 amide bonds. The van der Waals surface area contributed by atoms with Gasteiger partial charge in [0.15, 0.2) is 0 Å². The normalized spacial score (nSPS) is 21.0. The van der Waals surface area contributed by atoms with Gasteiger partial charge in [0.25, 0.3) is 5.91 Å². The van der Waals surface area contributed by atoms with E-state index in [1.165, 1.54) is 22.5 Å². The summed E-state index contributed by atoms with van der Waals surface area (Å²) in [4.78, 5) is 29.1. The zero-order valence-corrected chi connectivity index (χ0v) is 18.3. The number of carbonyl (C=O) groups excluding carboxylic acids is 2. The number of anilines is 1. The van der Waals surface area contributed by atoms with Gasteiger partial charge in [-0.05, 0) is 62.7 Å². The lowest BCUT2D eigenvalue weighted by Crippen LogP contribution is -2.45. The fourth-order valence-electron chi connectivity index (χ4n) is 3.74. The molecular weight excluding hydrogens is 410 g/mol. The monoisotopic (exact) mass is 433 g/mol. The number of ether oxygens (including phenoxy) is 1. The van der Waals surface area contributed by atoms with Crippen LogP contribution in [0.5, 0.6) is 0 Å². The molecule has 0 aliphatic carbocycles.